The Labute approximate surface area is 92.8 Å². The average molecular weight is 232 g/mol. The molecule has 0 radical (unpaired) electrons. The highest BCUT2D eigenvalue weighted by atomic mass is 16.4. The molecule has 0 bridgehead atoms. The van der Waals surface area contributed by atoms with Crippen LogP contribution in [0.5, 0.6) is 0 Å². The van der Waals surface area contributed by atoms with E-state index >= 15 is 0 Å². The van der Waals surface area contributed by atoms with Crippen molar-refractivity contribution in [3.63, 3.8) is 0 Å². The van der Waals surface area contributed by atoms with Gasteiger partial charge in [0, 0.05) is 0 Å². The third kappa shape index (κ3) is 5.62. The molecule has 6 heteroatoms. The van der Waals surface area contributed by atoms with Crippen LogP contribution in [0.1, 0.15) is 5.76 Å². The molecule has 16 heavy (non-hydrogen) atoms. The van der Waals surface area contributed by atoms with E-state index in [1.807, 2.05) is 19.1 Å². The number of furan rings is 1. The minimum Gasteiger partial charge on any atom is -0.470 e. The fourth-order valence-electron chi connectivity index (χ4n) is 0.777. The highest BCUT2D eigenvalue weighted by molar-refractivity contribution is 5.56. The molecular weight excluding hydrogens is 216 g/mol. The summed E-state index contributed by atoms with van der Waals surface area (Å²) in [6.45, 7) is 1.23. The second kappa shape index (κ2) is 8.00. The molecule has 1 heterocycles. The molecule has 3 unspecified atom stereocenters. The fraction of sp³-hybridized carbons (Fsp3) is 0.500. The van der Waals surface area contributed by atoms with Gasteiger partial charge in [-0.15, -0.1) is 0 Å². The first-order chi connectivity index (χ1) is 7.52. The molecule has 0 spiro atoms. The quantitative estimate of drug-likeness (QED) is 0.488. The van der Waals surface area contributed by atoms with Crippen LogP contribution in [0, 0.1) is 6.92 Å². The van der Waals surface area contributed by atoms with Crippen molar-refractivity contribution in [2.45, 2.75) is 25.2 Å². The van der Waals surface area contributed by atoms with Gasteiger partial charge in [-0.3, -0.25) is 0 Å². The van der Waals surface area contributed by atoms with Gasteiger partial charge in [0.15, 0.2) is 6.29 Å². The van der Waals surface area contributed by atoms with Crippen LogP contribution in [0.2, 0.25) is 0 Å². The van der Waals surface area contributed by atoms with E-state index in [0.29, 0.717) is 0 Å². The SMILES string of the molecule is Cc1ccco1.O=CC(O)C(O)C(O)CO. The summed E-state index contributed by atoms with van der Waals surface area (Å²) in [4.78, 5) is 9.76. The second-order valence-corrected chi connectivity index (χ2v) is 3.09. The topological polar surface area (TPSA) is 111 Å². The molecule has 1 aromatic rings. The van der Waals surface area contributed by atoms with Crippen LogP contribution in [-0.2, 0) is 4.79 Å². The molecule has 1 rings (SSSR count). The van der Waals surface area contributed by atoms with E-state index in [0.717, 1.165) is 5.76 Å². The zero-order chi connectivity index (χ0) is 12.6. The predicted molar refractivity (Wildman–Crippen MR) is 54.6 cm³/mol. The van der Waals surface area contributed by atoms with Gasteiger partial charge in [0.05, 0.1) is 12.9 Å². The smallest absolute Gasteiger partial charge is 0.151 e. The van der Waals surface area contributed by atoms with E-state index in [9.17, 15) is 4.79 Å². The molecule has 4 N–H and O–H groups in total. The van der Waals surface area contributed by atoms with Crippen molar-refractivity contribution >= 4 is 6.29 Å². The first-order valence-electron chi connectivity index (χ1n) is 4.63. The van der Waals surface area contributed by atoms with Gasteiger partial charge in [-0.1, -0.05) is 0 Å². The Balaban J connectivity index is 0.000000315. The molecule has 0 aliphatic heterocycles. The second-order valence-electron chi connectivity index (χ2n) is 3.09. The highest BCUT2D eigenvalue weighted by Crippen LogP contribution is 1.96. The molecule has 0 amide bonds. The van der Waals surface area contributed by atoms with Crippen molar-refractivity contribution < 1.29 is 29.6 Å². The average Bonchev–Trinajstić information content (AvgIpc) is 2.77. The normalized spacial score (nSPS) is 15.6. The van der Waals surface area contributed by atoms with Crippen molar-refractivity contribution in [3.8, 4) is 0 Å². The van der Waals surface area contributed by atoms with Crippen LogP contribution in [0.25, 0.3) is 0 Å². The Kier molecular flexibility index (Phi) is 7.40. The number of aliphatic hydroxyl groups is 4. The lowest BCUT2D eigenvalue weighted by molar-refractivity contribution is -0.127. The van der Waals surface area contributed by atoms with Gasteiger partial charge in [0.25, 0.3) is 0 Å². The van der Waals surface area contributed by atoms with E-state index in [-0.39, 0.29) is 6.29 Å². The first-order valence-corrected chi connectivity index (χ1v) is 4.63. The van der Waals surface area contributed by atoms with Gasteiger partial charge < -0.3 is 29.6 Å². The zero-order valence-corrected chi connectivity index (χ0v) is 8.85. The van der Waals surface area contributed by atoms with Gasteiger partial charge in [-0.05, 0) is 19.1 Å². The molecule has 0 fully saturated rings. The number of aldehydes is 1. The third-order valence-electron chi connectivity index (χ3n) is 1.73. The number of aryl methyl sites for hydroxylation is 1. The Morgan fingerprint density at radius 1 is 1.44 bits per heavy atom. The molecule has 0 saturated heterocycles. The number of carbonyl (C=O) groups excluding carboxylic acids is 1. The summed E-state index contributed by atoms with van der Waals surface area (Å²) in [6.07, 6.45) is -2.97. The molecule has 0 aliphatic carbocycles. The zero-order valence-electron chi connectivity index (χ0n) is 8.85. The lowest BCUT2D eigenvalue weighted by atomic mass is 10.1. The number of hydrogen-bond acceptors (Lipinski definition) is 6. The van der Waals surface area contributed by atoms with Crippen molar-refractivity contribution in [2.24, 2.45) is 0 Å². The number of aliphatic hydroxyl groups excluding tert-OH is 4. The Morgan fingerprint density at radius 3 is 2.31 bits per heavy atom. The van der Waals surface area contributed by atoms with Crippen LogP contribution in [0.4, 0.5) is 0 Å². The monoisotopic (exact) mass is 232 g/mol. The largest absolute Gasteiger partial charge is 0.470 e. The summed E-state index contributed by atoms with van der Waals surface area (Å²) < 4.78 is 4.83. The minimum atomic E-state index is -1.64. The van der Waals surface area contributed by atoms with E-state index in [2.05, 4.69) is 0 Å². The van der Waals surface area contributed by atoms with Gasteiger partial charge in [0.2, 0.25) is 0 Å². The third-order valence-corrected chi connectivity index (χ3v) is 1.73. The summed E-state index contributed by atoms with van der Waals surface area (Å²) in [6, 6.07) is 3.79. The Morgan fingerprint density at radius 2 is 2.06 bits per heavy atom. The minimum absolute atomic E-state index is 0.0869. The van der Waals surface area contributed by atoms with Gasteiger partial charge >= 0.3 is 0 Å². The number of rotatable bonds is 4. The molecule has 0 aliphatic rings. The lowest BCUT2D eigenvalue weighted by Crippen LogP contribution is -2.40. The predicted octanol–water partition coefficient (Wildman–Crippen LogP) is -1.15. The lowest BCUT2D eigenvalue weighted by Gasteiger charge is -2.16. The number of carbonyl (C=O) groups is 1. The maximum Gasteiger partial charge on any atom is 0.151 e. The standard InChI is InChI=1S/C5H10O5.C5H6O/c6-1-3(8)5(10)4(9)2-7;1-5-3-2-4-6-5/h1,3-5,7-10H,2H2;2-4H,1H3. The molecular formula is C10H16O6. The van der Waals surface area contributed by atoms with Crippen molar-refractivity contribution in [1.82, 2.24) is 0 Å². The van der Waals surface area contributed by atoms with Crippen LogP contribution >= 0.6 is 0 Å². The molecule has 1 aromatic heterocycles. The summed E-state index contributed by atoms with van der Waals surface area (Å²) in [5.74, 6) is 0.968. The van der Waals surface area contributed by atoms with E-state index in [1.165, 1.54) is 0 Å². The van der Waals surface area contributed by atoms with Gasteiger partial charge in [-0.25, -0.2) is 0 Å². The van der Waals surface area contributed by atoms with Gasteiger partial charge in [-0.2, -0.15) is 0 Å². The maximum atomic E-state index is 9.76. The number of hydrogen-bond donors (Lipinski definition) is 4. The molecule has 3 atom stereocenters. The summed E-state index contributed by atoms with van der Waals surface area (Å²) in [5, 5.41) is 34.1. The molecule has 0 aromatic carbocycles. The van der Waals surface area contributed by atoms with Crippen molar-refractivity contribution in [2.75, 3.05) is 6.61 Å². The van der Waals surface area contributed by atoms with E-state index in [4.69, 9.17) is 24.8 Å². The van der Waals surface area contributed by atoms with Crippen LogP contribution in [0.15, 0.2) is 22.8 Å². The highest BCUT2D eigenvalue weighted by Gasteiger charge is 2.22. The van der Waals surface area contributed by atoms with Crippen molar-refractivity contribution in [3.05, 3.63) is 24.2 Å². The maximum absolute atomic E-state index is 9.76. The first kappa shape index (κ1) is 14.8. The van der Waals surface area contributed by atoms with E-state index < -0.39 is 24.9 Å². The Hall–Kier alpha value is -1.21. The molecule has 0 saturated carbocycles. The molecule has 92 valence electrons. The van der Waals surface area contributed by atoms with Crippen LogP contribution < -0.4 is 0 Å². The fourth-order valence-corrected chi connectivity index (χ4v) is 0.777. The van der Waals surface area contributed by atoms with Crippen LogP contribution in [0.3, 0.4) is 0 Å². The van der Waals surface area contributed by atoms with Crippen LogP contribution in [-0.4, -0.2) is 51.6 Å². The van der Waals surface area contributed by atoms with E-state index in [1.54, 1.807) is 6.26 Å². The molecule has 6 nitrogen and oxygen atoms in total. The summed E-state index contributed by atoms with van der Waals surface area (Å²) in [5.41, 5.74) is 0. The summed E-state index contributed by atoms with van der Waals surface area (Å²) in [7, 11) is 0. The van der Waals surface area contributed by atoms with Crippen molar-refractivity contribution in [1.29, 1.82) is 0 Å². The Bertz CT molecular complexity index is 271. The summed E-state index contributed by atoms with van der Waals surface area (Å²) >= 11 is 0. The van der Waals surface area contributed by atoms with Gasteiger partial charge in [0.1, 0.15) is 24.1 Å².